The van der Waals surface area contributed by atoms with Gasteiger partial charge in [-0.3, -0.25) is 4.79 Å². The maximum atomic E-state index is 10.3. The van der Waals surface area contributed by atoms with E-state index in [2.05, 4.69) is 12.2 Å². The Kier molecular flexibility index (Phi) is 6.38. The number of rotatable bonds is 8. The molecule has 0 aromatic carbocycles. The lowest BCUT2D eigenvalue weighted by Crippen LogP contribution is -1.97. The first-order valence-corrected chi connectivity index (χ1v) is 6.00. The van der Waals surface area contributed by atoms with Crippen LogP contribution < -0.4 is 0 Å². The number of carboxylic acids is 1. The molecule has 0 aliphatic heterocycles. The van der Waals surface area contributed by atoms with Crippen molar-refractivity contribution in [3.8, 4) is 0 Å². The van der Waals surface area contributed by atoms with Crippen molar-refractivity contribution >= 4 is 5.97 Å². The number of aliphatic carboxylic acids is 1. The number of hydrogen-bond donors (Lipinski definition) is 1. The van der Waals surface area contributed by atoms with Gasteiger partial charge in [0.1, 0.15) is 5.76 Å². The number of unbranched alkanes of at least 4 members (excludes halogenated alkanes) is 3. The molecule has 0 radical (unpaired) electrons. The van der Waals surface area contributed by atoms with E-state index in [1.54, 1.807) is 0 Å². The van der Waals surface area contributed by atoms with Gasteiger partial charge in [-0.05, 0) is 37.8 Å². The Balaban J connectivity index is 1.90. The molecular weight excluding hydrogens is 204 g/mol. The molecular formula is C13H20O3. The highest BCUT2D eigenvalue weighted by atomic mass is 16.5. The second-order valence-electron chi connectivity index (χ2n) is 3.99. The summed E-state index contributed by atoms with van der Waals surface area (Å²) in [5, 5.41) is 8.45. The summed E-state index contributed by atoms with van der Waals surface area (Å²) in [5.74, 6) is 0.283. The van der Waals surface area contributed by atoms with Crippen LogP contribution in [0.1, 0.15) is 44.9 Å². The molecule has 90 valence electrons. The van der Waals surface area contributed by atoms with Crippen LogP contribution in [0.5, 0.6) is 0 Å². The molecule has 3 heteroatoms. The van der Waals surface area contributed by atoms with Gasteiger partial charge in [0, 0.05) is 6.42 Å². The van der Waals surface area contributed by atoms with Gasteiger partial charge in [-0.15, -0.1) is 0 Å². The second-order valence-corrected chi connectivity index (χ2v) is 3.99. The van der Waals surface area contributed by atoms with Gasteiger partial charge < -0.3 is 9.84 Å². The molecule has 0 amide bonds. The maximum absolute atomic E-state index is 10.3. The SMILES string of the molecule is O=C(O)CCCCCCOC1=CCCC=C1. The third-order valence-electron chi connectivity index (χ3n) is 2.51. The molecule has 1 aliphatic carbocycles. The van der Waals surface area contributed by atoms with Crippen LogP contribution in [0, 0.1) is 0 Å². The molecule has 0 fully saturated rings. The Morgan fingerprint density at radius 2 is 2.06 bits per heavy atom. The summed E-state index contributed by atoms with van der Waals surface area (Å²) in [5.41, 5.74) is 0. The zero-order chi connectivity index (χ0) is 11.6. The molecule has 0 heterocycles. The summed E-state index contributed by atoms with van der Waals surface area (Å²) in [6.45, 7) is 0.739. The highest BCUT2D eigenvalue weighted by molar-refractivity contribution is 5.66. The van der Waals surface area contributed by atoms with Gasteiger partial charge >= 0.3 is 5.97 Å². The van der Waals surface area contributed by atoms with E-state index in [1.165, 1.54) is 0 Å². The Hall–Kier alpha value is -1.25. The van der Waals surface area contributed by atoms with Crippen LogP contribution in [0.25, 0.3) is 0 Å². The fourth-order valence-electron chi connectivity index (χ4n) is 1.62. The summed E-state index contributed by atoms with van der Waals surface area (Å²) in [4.78, 5) is 10.3. The zero-order valence-corrected chi connectivity index (χ0v) is 9.65. The molecule has 1 aliphatic rings. The van der Waals surface area contributed by atoms with Crippen LogP contribution in [-0.4, -0.2) is 17.7 Å². The lowest BCUT2D eigenvalue weighted by Gasteiger charge is -2.09. The predicted octanol–water partition coefficient (Wildman–Crippen LogP) is 3.27. The largest absolute Gasteiger partial charge is 0.494 e. The molecule has 0 saturated carbocycles. The van der Waals surface area contributed by atoms with Crippen molar-refractivity contribution in [3.63, 3.8) is 0 Å². The molecule has 0 atom stereocenters. The van der Waals surface area contributed by atoms with Crippen molar-refractivity contribution < 1.29 is 14.6 Å². The molecule has 0 spiro atoms. The second kappa shape index (κ2) is 7.97. The van der Waals surface area contributed by atoms with Gasteiger partial charge in [0.25, 0.3) is 0 Å². The number of carboxylic acid groups (broad SMARTS) is 1. The average molecular weight is 224 g/mol. The van der Waals surface area contributed by atoms with Crippen LogP contribution in [0.4, 0.5) is 0 Å². The average Bonchev–Trinajstić information content (AvgIpc) is 2.29. The molecule has 16 heavy (non-hydrogen) atoms. The van der Waals surface area contributed by atoms with Gasteiger partial charge in [0.15, 0.2) is 0 Å². The third kappa shape index (κ3) is 6.27. The van der Waals surface area contributed by atoms with E-state index in [1.807, 2.05) is 6.08 Å². The molecule has 0 aromatic rings. The maximum Gasteiger partial charge on any atom is 0.303 e. The van der Waals surface area contributed by atoms with Crippen molar-refractivity contribution in [2.75, 3.05) is 6.61 Å². The Bertz CT molecular complexity index is 266. The number of carbonyl (C=O) groups is 1. The Morgan fingerprint density at radius 3 is 2.75 bits per heavy atom. The van der Waals surface area contributed by atoms with E-state index in [0.29, 0.717) is 0 Å². The first kappa shape index (κ1) is 12.8. The molecule has 0 bridgehead atoms. The summed E-state index contributed by atoms with van der Waals surface area (Å²) in [6, 6.07) is 0. The Labute approximate surface area is 96.8 Å². The highest BCUT2D eigenvalue weighted by Gasteiger charge is 1.99. The van der Waals surface area contributed by atoms with Gasteiger partial charge in [0.2, 0.25) is 0 Å². The van der Waals surface area contributed by atoms with E-state index < -0.39 is 5.97 Å². The van der Waals surface area contributed by atoms with Crippen molar-refractivity contribution in [2.24, 2.45) is 0 Å². The van der Waals surface area contributed by atoms with Gasteiger partial charge in [-0.1, -0.05) is 18.9 Å². The quantitative estimate of drug-likeness (QED) is 0.644. The van der Waals surface area contributed by atoms with E-state index in [-0.39, 0.29) is 6.42 Å². The van der Waals surface area contributed by atoms with Crippen molar-refractivity contribution in [1.82, 2.24) is 0 Å². The highest BCUT2D eigenvalue weighted by Crippen LogP contribution is 2.11. The summed E-state index contributed by atoms with van der Waals surface area (Å²) >= 11 is 0. The fraction of sp³-hybridized carbons (Fsp3) is 0.615. The van der Waals surface area contributed by atoms with Crippen molar-refractivity contribution in [3.05, 3.63) is 24.0 Å². The van der Waals surface area contributed by atoms with Crippen LogP contribution in [0.3, 0.4) is 0 Å². The van der Waals surface area contributed by atoms with Crippen LogP contribution in [0.2, 0.25) is 0 Å². The van der Waals surface area contributed by atoms with Crippen molar-refractivity contribution in [2.45, 2.75) is 44.9 Å². The summed E-state index contributed by atoms with van der Waals surface area (Å²) in [7, 11) is 0. The van der Waals surface area contributed by atoms with Crippen LogP contribution >= 0.6 is 0 Å². The zero-order valence-electron chi connectivity index (χ0n) is 9.65. The minimum Gasteiger partial charge on any atom is -0.494 e. The molecule has 0 unspecified atom stereocenters. The first-order valence-electron chi connectivity index (χ1n) is 6.00. The minimum absolute atomic E-state index is 0.286. The van der Waals surface area contributed by atoms with Crippen molar-refractivity contribution in [1.29, 1.82) is 0 Å². The van der Waals surface area contributed by atoms with Gasteiger partial charge in [0.05, 0.1) is 6.61 Å². The van der Waals surface area contributed by atoms with Gasteiger partial charge in [-0.2, -0.15) is 0 Å². The lowest BCUT2D eigenvalue weighted by molar-refractivity contribution is -0.137. The molecule has 0 aromatic heterocycles. The van der Waals surface area contributed by atoms with E-state index >= 15 is 0 Å². The first-order chi connectivity index (χ1) is 7.79. The van der Waals surface area contributed by atoms with E-state index in [0.717, 1.165) is 50.9 Å². The van der Waals surface area contributed by atoms with Gasteiger partial charge in [-0.25, -0.2) is 0 Å². The monoisotopic (exact) mass is 224 g/mol. The van der Waals surface area contributed by atoms with Crippen LogP contribution in [0.15, 0.2) is 24.0 Å². The molecule has 1 N–H and O–H groups in total. The standard InChI is InChI=1S/C13H20O3/c14-13(15)10-6-1-2-7-11-16-12-8-4-3-5-9-12/h4,8-9H,1-3,5-7,10-11H2,(H,14,15). The predicted molar refractivity (Wildman–Crippen MR) is 63.1 cm³/mol. The number of ether oxygens (including phenoxy) is 1. The van der Waals surface area contributed by atoms with E-state index in [9.17, 15) is 4.79 Å². The molecule has 0 saturated heterocycles. The topological polar surface area (TPSA) is 46.5 Å². The number of hydrogen-bond acceptors (Lipinski definition) is 2. The third-order valence-corrected chi connectivity index (χ3v) is 2.51. The summed E-state index contributed by atoms with van der Waals surface area (Å²) < 4.78 is 5.57. The smallest absolute Gasteiger partial charge is 0.303 e. The molecule has 3 nitrogen and oxygen atoms in total. The number of allylic oxidation sites excluding steroid dienone is 3. The molecule has 1 rings (SSSR count). The normalized spacial score (nSPS) is 14.6. The minimum atomic E-state index is -0.700. The summed E-state index contributed by atoms with van der Waals surface area (Å²) in [6.07, 6.45) is 12.5. The fourth-order valence-corrected chi connectivity index (χ4v) is 1.62. The van der Waals surface area contributed by atoms with Crippen LogP contribution in [-0.2, 0) is 9.53 Å². The Morgan fingerprint density at radius 1 is 1.25 bits per heavy atom. The lowest BCUT2D eigenvalue weighted by atomic mass is 10.1. The van der Waals surface area contributed by atoms with E-state index in [4.69, 9.17) is 9.84 Å².